The number of hydrogen-bond donors (Lipinski definition) is 1. The third kappa shape index (κ3) is 6.88. The zero-order valence-electron chi connectivity index (χ0n) is 23.0. The lowest BCUT2D eigenvalue weighted by atomic mass is 9.99. The van der Waals surface area contributed by atoms with Crippen molar-refractivity contribution in [3.8, 4) is 17.3 Å². The van der Waals surface area contributed by atoms with Crippen molar-refractivity contribution in [3.63, 3.8) is 0 Å². The van der Waals surface area contributed by atoms with Gasteiger partial charge in [0.2, 0.25) is 0 Å². The number of pyridine rings is 2. The fourth-order valence-electron chi connectivity index (χ4n) is 3.55. The van der Waals surface area contributed by atoms with Crippen molar-refractivity contribution in [1.29, 1.82) is 5.26 Å². The molecule has 0 radical (unpaired) electrons. The molecule has 36 heavy (non-hydrogen) atoms. The van der Waals surface area contributed by atoms with Crippen molar-refractivity contribution >= 4 is 17.6 Å². The second-order valence-corrected chi connectivity index (χ2v) is 9.22. The molecule has 7 nitrogen and oxygen atoms in total. The Bertz CT molecular complexity index is 1280. The first-order chi connectivity index (χ1) is 17.0. The number of carbonyl (C=O) groups excluding carboxylic acids is 1. The van der Waals surface area contributed by atoms with Crippen LogP contribution in [0.15, 0.2) is 36.7 Å². The van der Waals surface area contributed by atoms with Crippen LogP contribution in [0.2, 0.25) is 0 Å². The molecule has 3 aromatic heterocycles. The molecule has 0 saturated heterocycles. The maximum atomic E-state index is 12.6. The molecule has 0 aliphatic rings. The van der Waals surface area contributed by atoms with E-state index in [1.807, 2.05) is 44.5 Å². The van der Waals surface area contributed by atoms with Crippen molar-refractivity contribution in [2.75, 3.05) is 0 Å². The highest BCUT2D eigenvalue weighted by atomic mass is 16.2. The topological polar surface area (TPSA) is 96.5 Å². The number of carbonyl (C=O) groups is 1. The van der Waals surface area contributed by atoms with Crippen LogP contribution in [0.25, 0.3) is 22.9 Å². The Kier molecular flexibility index (Phi) is 9.68. The van der Waals surface area contributed by atoms with Gasteiger partial charge in [0.25, 0.3) is 5.91 Å². The Labute approximate surface area is 215 Å². The normalized spacial score (nSPS) is 11.5. The van der Waals surface area contributed by atoms with Crippen LogP contribution in [-0.4, -0.2) is 31.2 Å². The first-order valence-corrected chi connectivity index (χ1v) is 12.5. The number of amides is 1. The largest absolute Gasteiger partial charge is 0.333 e. The van der Waals surface area contributed by atoms with Gasteiger partial charge in [-0.05, 0) is 83.4 Å². The molecule has 1 N–H and O–H groups in total. The number of hydrogen-bond acceptors (Lipinski definition) is 5. The minimum atomic E-state index is -0.976. The third-order valence-electron chi connectivity index (χ3n) is 5.61. The molecule has 0 bridgehead atoms. The molecule has 7 heteroatoms. The highest BCUT2D eigenvalue weighted by molar-refractivity contribution is 5.93. The van der Waals surface area contributed by atoms with E-state index in [-0.39, 0.29) is 11.6 Å². The molecule has 1 amide bonds. The molecule has 3 rings (SSSR count). The molecular formula is C29H38N6O. The number of nitrogens with zero attached hydrogens (tertiary/aromatic N) is 5. The van der Waals surface area contributed by atoms with Crippen molar-refractivity contribution in [1.82, 2.24) is 25.1 Å². The van der Waals surface area contributed by atoms with Crippen LogP contribution in [0.4, 0.5) is 0 Å². The standard InChI is InChI=1S/C27H32N6O.C2H6/c1-8-20(23-15-33(17(2)3)32-19(23)5)12-21-13-22(14-29-18(21)4)24-10-9-11-25(30-24)26(34)31-27(6,7)16-28;1-2/h9-15,17H,8H2,1-7H3,(H,31,34);1-2H3/b20-12+;. The Hall–Kier alpha value is -3.79. The van der Waals surface area contributed by atoms with E-state index in [4.69, 9.17) is 0 Å². The summed E-state index contributed by atoms with van der Waals surface area (Å²) >= 11 is 0. The molecule has 0 fully saturated rings. The van der Waals surface area contributed by atoms with Gasteiger partial charge < -0.3 is 5.32 Å². The van der Waals surface area contributed by atoms with Crippen molar-refractivity contribution in [3.05, 3.63) is 64.9 Å². The Morgan fingerprint density at radius 2 is 1.92 bits per heavy atom. The number of aromatic nitrogens is 4. The van der Waals surface area contributed by atoms with Gasteiger partial charge in [-0.15, -0.1) is 0 Å². The van der Waals surface area contributed by atoms with E-state index in [1.165, 1.54) is 5.57 Å². The van der Waals surface area contributed by atoms with Gasteiger partial charge in [-0.2, -0.15) is 10.4 Å². The summed E-state index contributed by atoms with van der Waals surface area (Å²) in [5.74, 6) is -0.389. The second kappa shape index (κ2) is 12.3. The van der Waals surface area contributed by atoms with Crippen molar-refractivity contribution in [2.45, 2.75) is 80.3 Å². The lowest BCUT2D eigenvalue weighted by Gasteiger charge is -2.17. The molecule has 190 valence electrons. The summed E-state index contributed by atoms with van der Waals surface area (Å²) in [4.78, 5) is 21.7. The van der Waals surface area contributed by atoms with Gasteiger partial charge >= 0.3 is 0 Å². The molecule has 0 aromatic carbocycles. The molecule has 0 aliphatic heterocycles. The Morgan fingerprint density at radius 3 is 2.50 bits per heavy atom. The number of aryl methyl sites for hydroxylation is 2. The summed E-state index contributed by atoms with van der Waals surface area (Å²) in [7, 11) is 0. The monoisotopic (exact) mass is 486 g/mol. The van der Waals surface area contributed by atoms with E-state index in [0.717, 1.165) is 34.5 Å². The summed E-state index contributed by atoms with van der Waals surface area (Å²) in [5, 5.41) is 16.5. The van der Waals surface area contributed by atoms with Crippen LogP contribution in [0.5, 0.6) is 0 Å². The van der Waals surface area contributed by atoms with Crippen LogP contribution in [0, 0.1) is 25.2 Å². The number of nitriles is 1. The average molecular weight is 487 g/mol. The minimum absolute atomic E-state index is 0.254. The fourth-order valence-corrected chi connectivity index (χ4v) is 3.55. The second-order valence-electron chi connectivity index (χ2n) is 9.22. The molecule has 0 aliphatic carbocycles. The van der Waals surface area contributed by atoms with Crippen LogP contribution in [0.3, 0.4) is 0 Å². The van der Waals surface area contributed by atoms with Gasteiger partial charge in [0.05, 0.1) is 17.5 Å². The van der Waals surface area contributed by atoms with Crippen LogP contribution in [0.1, 0.15) is 93.9 Å². The summed E-state index contributed by atoms with van der Waals surface area (Å²) in [6.07, 6.45) is 6.89. The zero-order valence-corrected chi connectivity index (χ0v) is 23.0. The van der Waals surface area contributed by atoms with E-state index >= 15 is 0 Å². The molecule has 3 aromatic rings. The molecule has 0 saturated carbocycles. The Balaban J connectivity index is 0.00000222. The van der Waals surface area contributed by atoms with Crippen LogP contribution >= 0.6 is 0 Å². The lowest BCUT2D eigenvalue weighted by Crippen LogP contribution is -2.42. The first-order valence-electron chi connectivity index (χ1n) is 12.5. The van der Waals surface area contributed by atoms with E-state index in [2.05, 4.69) is 59.5 Å². The summed E-state index contributed by atoms with van der Waals surface area (Å²) < 4.78 is 1.99. The number of allylic oxidation sites excluding steroid dienone is 1. The molecule has 0 unspecified atom stereocenters. The van der Waals surface area contributed by atoms with Gasteiger partial charge in [0.15, 0.2) is 0 Å². The van der Waals surface area contributed by atoms with Crippen LogP contribution < -0.4 is 5.32 Å². The van der Waals surface area contributed by atoms with Crippen molar-refractivity contribution < 1.29 is 4.79 Å². The van der Waals surface area contributed by atoms with E-state index < -0.39 is 5.54 Å². The van der Waals surface area contributed by atoms with Gasteiger partial charge in [0.1, 0.15) is 11.2 Å². The molecular weight excluding hydrogens is 448 g/mol. The maximum Gasteiger partial charge on any atom is 0.271 e. The minimum Gasteiger partial charge on any atom is -0.333 e. The van der Waals surface area contributed by atoms with Gasteiger partial charge in [-0.1, -0.05) is 26.8 Å². The highest BCUT2D eigenvalue weighted by Crippen LogP contribution is 2.28. The van der Waals surface area contributed by atoms with Gasteiger partial charge in [-0.25, -0.2) is 4.98 Å². The average Bonchev–Trinajstić information content (AvgIpc) is 3.26. The molecule has 3 heterocycles. The predicted molar refractivity (Wildman–Crippen MR) is 146 cm³/mol. The highest BCUT2D eigenvalue weighted by Gasteiger charge is 2.21. The summed E-state index contributed by atoms with van der Waals surface area (Å²) in [6.45, 7) is 17.7. The zero-order chi connectivity index (χ0) is 27.0. The smallest absolute Gasteiger partial charge is 0.271 e. The fraction of sp³-hybridized carbons (Fsp3) is 0.414. The SMILES string of the molecule is CC.CC/C(=C\c1cc(-c2cccc(C(=O)NC(C)(C)C#N)n2)cnc1C)c1cn(C(C)C)nc1C. The molecule has 0 spiro atoms. The van der Waals surface area contributed by atoms with Crippen LogP contribution in [-0.2, 0) is 0 Å². The van der Waals surface area contributed by atoms with E-state index in [0.29, 0.717) is 11.7 Å². The van der Waals surface area contributed by atoms with E-state index in [1.54, 1.807) is 32.2 Å². The summed E-state index contributed by atoms with van der Waals surface area (Å²) in [5.41, 5.74) is 5.97. The Morgan fingerprint density at radius 1 is 1.22 bits per heavy atom. The lowest BCUT2D eigenvalue weighted by molar-refractivity contribution is 0.0924. The van der Waals surface area contributed by atoms with Gasteiger partial charge in [-0.3, -0.25) is 14.5 Å². The third-order valence-corrected chi connectivity index (χ3v) is 5.61. The first kappa shape index (κ1) is 28.4. The maximum absolute atomic E-state index is 12.6. The summed E-state index contributed by atoms with van der Waals surface area (Å²) in [6, 6.07) is 9.68. The predicted octanol–water partition coefficient (Wildman–Crippen LogP) is 6.55. The quantitative estimate of drug-likeness (QED) is 0.409. The van der Waals surface area contributed by atoms with E-state index in [9.17, 15) is 10.1 Å². The molecule has 0 atom stereocenters. The van der Waals surface area contributed by atoms with Gasteiger partial charge in [0, 0.05) is 35.3 Å². The van der Waals surface area contributed by atoms with Crippen molar-refractivity contribution in [2.24, 2.45) is 0 Å². The number of rotatable bonds is 7. The number of nitrogens with one attached hydrogen (secondary N) is 1.